The Balaban J connectivity index is 1.76. The molecule has 3 rings (SSSR count). The van der Waals surface area contributed by atoms with E-state index in [0.29, 0.717) is 0 Å². The van der Waals surface area contributed by atoms with E-state index in [4.69, 9.17) is 5.90 Å². The number of aromatic nitrogens is 1. The van der Waals surface area contributed by atoms with Crippen LogP contribution in [0.15, 0.2) is 60.8 Å². The van der Waals surface area contributed by atoms with Crippen LogP contribution in [-0.4, -0.2) is 46.6 Å². The zero-order valence-electron chi connectivity index (χ0n) is 16.7. The predicted octanol–water partition coefficient (Wildman–Crippen LogP) is 0.898. The fourth-order valence-electron chi connectivity index (χ4n) is 3.36. The maximum absolute atomic E-state index is 12.9. The van der Waals surface area contributed by atoms with Gasteiger partial charge in [-0.1, -0.05) is 48.5 Å². The Morgan fingerprint density at radius 3 is 2.39 bits per heavy atom. The highest BCUT2D eigenvalue weighted by molar-refractivity contribution is 5.91. The molecular weight excluding hydrogens is 400 g/mol. The average Bonchev–Trinajstić information content (AvgIpc) is 3.16. The molecule has 0 bridgehead atoms. The number of carbonyl (C=O) groups is 3. The van der Waals surface area contributed by atoms with Crippen molar-refractivity contribution in [3.63, 3.8) is 0 Å². The molecule has 0 saturated carbocycles. The second-order valence-electron chi connectivity index (χ2n) is 7.08. The van der Waals surface area contributed by atoms with Crippen LogP contribution in [0.2, 0.25) is 0 Å². The molecule has 0 aliphatic heterocycles. The molecule has 2 unspecified atom stereocenters. The summed E-state index contributed by atoms with van der Waals surface area (Å²) >= 11 is 0. The molecule has 0 fully saturated rings. The van der Waals surface area contributed by atoms with E-state index in [1.807, 2.05) is 54.6 Å². The van der Waals surface area contributed by atoms with Crippen molar-refractivity contribution in [2.45, 2.75) is 24.9 Å². The quantitative estimate of drug-likeness (QED) is 0.306. The van der Waals surface area contributed by atoms with Crippen molar-refractivity contribution >= 4 is 28.7 Å². The number of aliphatic carboxylic acids is 1. The van der Waals surface area contributed by atoms with Gasteiger partial charge in [-0.15, -0.1) is 0 Å². The molecular formula is C22H24N4O5. The molecule has 0 spiro atoms. The molecule has 0 aliphatic rings. The van der Waals surface area contributed by atoms with E-state index in [1.165, 1.54) is 0 Å². The summed E-state index contributed by atoms with van der Waals surface area (Å²) in [5, 5.41) is 15.7. The van der Waals surface area contributed by atoms with Gasteiger partial charge in [-0.25, -0.2) is 10.7 Å². The van der Waals surface area contributed by atoms with Crippen LogP contribution in [0.25, 0.3) is 10.9 Å². The molecule has 31 heavy (non-hydrogen) atoms. The Morgan fingerprint density at radius 2 is 1.68 bits per heavy atom. The molecule has 2 aromatic carbocycles. The summed E-state index contributed by atoms with van der Waals surface area (Å²) in [4.78, 5) is 44.1. The van der Waals surface area contributed by atoms with Crippen molar-refractivity contribution in [1.29, 1.82) is 0 Å². The molecule has 0 radical (unpaired) electrons. The summed E-state index contributed by atoms with van der Waals surface area (Å²) < 4.78 is 0. The summed E-state index contributed by atoms with van der Waals surface area (Å²) in [6, 6.07) is 14.4. The van der Waals surface area contributed by atoms with Gasteiger partial charge in [-0.3, -0.25) is 14.4 Å². The number of hydrogen-bond acceptors (Lipinski definition) is 5. The summed E-state index contributed by atoms with van der Waals surface area (Å²) in [7, 11) is 0. The van der Waals surface area contributed by atoms with Gasteiger partial charge in [0.1, 0.15) is 18.7 Å². The summed E-state index contributed by atoms with van der Waals surface area (Å²) in [5.41, 5.74) is 2.45. The van der Waals surface area contributed by atoms with Gasteiger partial charge >= 0.3 is 5.97 Å². The van der Waals surface area contributed by atoms with E-state index >= 15 is 0 Å². The highest BCUT2D eigenvalue weighted by Gasteiger charge is 2.27. The molecule has 2 amide bonds. The number of carboxylic acids is 1. The number of rotatable bonds is 10. The molecule has 6 N–H and O–H groups in total. The maximum atomic E-state index is 12.9. The molecule has 3 aromatic rings. The second kappa shape index (κ2) is 10.4. The normalized spacial score (nSPS) is 12.8. The first-order valence-electron chi connectivity index (χ1n) is 9.71. The van der Waals surface area contributed by atoms with Crippen molar-refractivity contribution in [2.24, 2.45) is 5.90 Å². The fraction of sp³-hybridized carbons (Fsp3) is 0.227. The van der Waals surface area contributed by atoms with Gasteiger partial charge in [0.25, 0.3) is 0 Å². The topological polar surface area (TPSA) is 147 Å². The smallest absolute Gasteiger partial charge is 0.326 e. The van der Waals surface area contributed by atoms with Crippen molar-refractivity contribution in [2.75, 3.05) is 6.61 Å². The zero-order chi connectivity index (χ0) is 22.2. The average molecular weight is 424 g/mol. The van der Waals surface area contributed by atoms with Gasteiger partial charge in [0.2, 0.25) is 11.8 Å². The van der Waals surface area contributed by atoms with E-state index in [2.05, 4.69) is 20.5 Å². The van der Waals surface area contributed by atoms with Crippen molar-refractivity contribution in [3.8, 4) is 0 Å². The van der Waals surface area contributed by atoms with Crippen LogP contribution in [0.1, 0.15) is 11.1 Å². The third kappa shape index (κ3) is 5.91. The van der Waals surface area contributed by atoms with E-state index < -0.39 is 36.5 Å². The largest absolute Gasteiger partial charge is 0.480 e. The van der Waals surface area contributed by atoms with Crippen molar-refractivity contribution < 1.29 is 24.3 Å². The van der Waals surface area contributed by atoms with Crippen LogP contribution in [-0.2, 0) is 32.1 Å². The van der Waals surface area contributed by atoms with E-state index in [9.17, 15) is 19.5 Å². The number of nitrogens with one attached hydrogen (secondary N) is 3. The van der Waals surface area contributed by atoms with Crippen LogP contribution in [0.5, 0.6) is 0 Å². The summed E-state index contributed by atoms with van der Waals surface area (Å²) in [6.07, 6.45) is 2.00. The van der Waals surface area contributed by atoms with Gasteiger partial charge in [0, 0.05) is 29.9 Å². The number of amides is 2. The van der Waals surface area contributed by atoms with Crippen LogP contribution < -0.4 is 16.5 Å². The molecule has 9 nitrogen and oxygen atoms in total. The number of aromatic amines is 1. The Labute approximate surface area is 178 Å². The molecule has 2 atom stereocenters. The van der Waals surface area contributed by atoms with Crippen LogP contribution >= 0.6 is 0 Å². The maximum Gasteiger partial charge on any atom is 0.326 e. The monoisotopic (exact) mass is 424 g/mol. The number of benzene rings is 2. The zero-order valence-corrected chi connectivity index (χ0v) is 16.7. The third-order valence-corrected chi connectivity index (χ3v) is 4.86. The minimum absolute atomic E-state index is 0.0863. The number of H-pyrrole nitrogens is 1. The van der Waals surface area contributed by atoms with E-state index in [0.717, 1.165) is 22.0 Å². The number of hydrogen-bond donors (Lipinski definition) is 5. The summed E-state index contributed by atoms with van der Waals surface area (Å²) in [5.74, 6) is 2.57. The Morgan fingerprint density at radius 1 is 0.968 bits per heavy atom. The van der Waals surface area contributed by atoms with Gasteiger partial charge in [0.15, 0.2) is 0 Å². The number of para-hydroxylation sites is 1. The standard InChI is InChI=1S/C22H24N4O5/c23-31-13-20(27)25-18(10-14-6-2-1-3-7-14)21(28)26-19(22(29)30)11-15-12-24-17-9-5-4-8-16(15)17/h1-9,12,18-19,24H,10-11,13,23H2,(H,25,27)(H,26,28)(H,29,30). The lowest BCUT2D eigenvalue weighted by Crippen LogP contribution is -2.53. The van der Waals surface area contributed by atoms with Crippen LogP contribution in [0, 0.1) is 0 Å². The lowest BCUT2D eigenvalue weighted by atomic mass is 10.0. The molecule has 0 aliphatic carbocycles. The lowest BCUT2D eigenvalue weighted by molar-refractivity contribution is -0.142. The molecule has 1 heterocycles. The molecule has 162 valence electrons. The Kier molecular flexibility index (Phi) is 7.36. The second-order valence-corrected chi connectivity index (χ2v) is 7.08. The Bertz CT molecular complexity index is 1050. The van der Waals surface area contributed by atoms with Gasteiger partial charge in [0.05, 0.1) is 0 Å². The first kappa shape index (κ1) is 22.0. The number of carboxylic acid groups (broad SMARTS) is 1. The minimum Gasteiger partial charge on any atom is -0.480 e. The third-order valence-electron chi connectivity index (χ3n) is 4.86. The Hall–Kier alpha value is -3.69. The fourth-order valence-corrected chi connectivity index (χ4v) is 3.36. The van der Waals surface area contributed by atoms with Gasteiger partial charge in [-0.05, 0) is 17.2 Å². The minimum atomic E-state index is -1.17. The summed E-state index contributed by atoms with van der Waals surface area (Å²) in [6.45, 7) is -0.420. The molecule has 9 heteroatoms. The SMILES string of the molecule is NOCC(=O)NC(Cc1ccccc1)C(=O)NC(Cc1c[nH]c2ccccc12)C(=O)O. The van der Waals surface area contributed by atoms with Crippen molar-refractivity contribution in [3.05, 3.63) is 71.9 Å². The van der Waals surface area contributed by atoms with Gasteiger partial charge in [-0.2, -0.15) is 0 Å². The van der Waals surface area contributed by atoms with E-state index in [1.54, 1.807) is 6.20 Å². The first-order chi connectivity index (χ1) is 15.0. The highest BCUT2D eigenvalue weighted by Crippen LogP contribution is 2.19. The predicted molar refractivity (Wildman–Crippen MR) is 114 cm³/mol. The number of fused-ring (bicyclic) bond motifs is 1. The van der Waals surface area contributed by atoms with Crippen LogP contribution in [0.4, 0.5) is 0 Å². The number of carbonyl (C=O) groups excluding carboxylic acids is 2. The van der Waals surface area contributed by atoms with Gasteiger partial charge < -0.3 is 20.7 Å². The highest BCUT2D eigenvalue weighted by atomic mass is 16.6. The van der Waals surface area contributed by atoms with Crippen LogP contribution in [0.3, 0.4) is 0 Å². The van der Waals surface area contributed by atoms with E-state index in [-0.39, 0.29) is 12.8 Å². The van der Waals surface area contributed by atoms with Crippen molar-refractivity contribution in [1.82, 2.24) is 15.6 Å². The number of nitrogens with two attached hydrogens (primary N) is 1. The molecule has 0 saturated heterocycles. The molecule has 1 aromatic heterocycles. The first-order valence-corrected chi connectivity index (χ1v) is 9.71. The lowest BCUT2D eigenvalue weighted by Gasteiger charge is -2.21.